The number of aryl methyl sites for hydroxylation is 1. The van der Waals surface area contributed by atoms with Crippen LogP contribution in [-0.4, -0.2) is 49.5 Å². The molecule has 7 heteroatoms. The van der Waals surface area contributed by atoms with E-state index in [4.69, 9.17) is 0 Å². The van der Waals surface area contributed by atoms with Gasteiger partial charge in [-0.15, -0.1) is 0 Å². The van der Waals surface area contributed by atoms with Crippen molar-refractivity contribution < 1.29 is 22.2 Å². The lowest BCUT2D eigenvalue weighted by atomic mass is 10.2. The SMILES string of the molecule is C=CC(N)=O.CCC[N+](CC)(CC)CC.Cc1ccc(S(=O)(=O)[O-])cc1. The number of rotatable bonds is 7. The molecule has 0 aromatic heterocycles. The summed E-state index contributed by atoms with van der Waals surface area (Å²) in [6, 6.07) is 5.78. The van der Waals surface area contributed by atoms with Gasteiger partial charge in [0.05, 0.1) is 31.1 Å². The first kappa shape index (κ1) is 26.5. The van der Waals surface area contributed by atoms with Crippen LogP contribution in [0, 0.1) is 6.92 Å². The fraction of sp³-hybridized carbons (Fsp3) is 0.526. The second-order valence-electron chi connectivity index (χ2n) is 5.89. The van der Waals surface area contributed by atoms with E-state index in [1.165, 1.54) is 49.2 Å². The molecule has 0 aliphatic rings. The molecule has 0 aliphatic carbocycles. The number of carbonyl (C=O) groups is 1. The van der Waals surface area contributed by atoms with Gasteiger partial charge in [0.2, 0.25) is 5.91 Å². The molecule has 0 fully saturated rings. The largest absolute Gasteiger partial charge is 0.744 e. The van der Waals surface area contributed by atoms with E-state index in [1.807, 2.05) is 6.92 Å². The maximum atomic E-state index is 10.4. The van der Waals surface area contributed by atoms with Crippen molar-refractivity contribution in [3.63, 3.8) is 0 Å². The molecule has 0 aliphatic heterocycles. The van der Waals surface area contributed by atoms with Gasteiger partial charge in [-0.2, -0.15) is 0 Å². The first-order chi connectivity index (χ1) is 12.0. The van der Waals surface area contributed by atoms with Crippen LogP contribution in [0.4, 0.5) is 0 Å². The Morgan fingerprint density at radius 3 is 1.69 bits per heavy atom. The van der Waals surface area contributed by atoms with E-state index < -0.39 is 16.0 Å². The minimum Gasteiger partial charge on any atom is -0.744 e. The van der Waals surface area contributed by atoms with E-state index in [9.17, 15) is 17.8 Å². The molecular weight excluding hydrogens is 352 g/mol. The highest BCUT2D eigenvalue weighted by Gasteiger charge is 2.18. The smallest absolute Gasteiger partial charge is 0.240 e. The van der Waals surface area contributed by atoms with Gasteiger partial charge in [-0.1, -0.05) is 31.2 Å². The predicted molar refractivity (Wildman–Crippen MR) is 106 cm³/mol. The predicted octanol–water partition coefficient (Wildman–Crippen LogP) is 2.83. The zero-order valence-electron chi connectivity index (χ0n) is 16.7. The van der Waals surface area contributed by atoms with Crippen LogP contribution in [0.1, 0.15) is 39.7 Å². The molecule has 1 aromatic carbocycles. The topological polar surface area (TPSA) is 100 Å². The highest BCUT2D eigenvalue weighted by molar-refractivity contribution is 7.85. The molecule has 1 amide bonds. The molecule has 150 valence electrons. The molecule has 0 saturated heterocycles. The highest BCUT2D eigenvalue weighted by Crippen LogP contribution is 2.08. The summed E-state index contributed by atoms with van der Waals surface area (Å²) < 4.78 is 32.5. The third-order valence-corrected chi connectivity index (χ3v) is 5.07. The molecule has 1 aromatic rings. The van der Waals surface area contributed by atoms with Crippen molar-refractivity contribution in [2.24, 2.45) is 5.73 Å². The molecule has 2 N–H and O–H groups in total. The van der Waals surface area contributed by atoms with E-state index in [2.05, 4.69) is 40.0 Å². The van der Waals surface area contributed by atoms with Crippen LogP contribution in [0.5, 0.6) is 0 Å². The van der Waals surface area contributed by atoms with E-state index in [1.54, 1.807) is 12.1 Å². The van der Waals surface area contributed by atoms with Gasteiger partial charge in [0.25, 0.3) is 0 Å². The normalized spacial score (nSPS) is 10.7. The number of hydrogen-bond acceptors (Lipinski definition) is 4. The second kappa shape index (κ2) is 13.5. The van der Waals surface area contributed by atoms with Gasteiger partial charge in [0, 0.05) is 0 Å². The molecule has 0 unspecified atom stereocenters. The van der Waals surface area contributed by atoms with Crippen molar-refractivity contribution in [1.82, 2.24) is 0 Å². The summed E-state index contributed by atoms with van der Waals surface area (Å²) >= 11 is 0. The van der Waals surface area contributed by atoms with Gasteiger partial charge in [-0.25, -0.2) is 8.42 Å². The van der Waals surface area contributed by atoms with Gasteiger partial charge in [0.1, 0.15) is 10.1 Å². The number of benzene rings is 1. The van der Waals surface area contributed by atoms with E-state index in [0.29, 0.717) is 0 Å². The Labute approximate surface area is 159 Å². The lowest BCUT2D eigenvalue weighted by Crippen LogP contribution is -2.47. The number of nitrogens with zero attached hydrogens (tertiary/aromatic N) is 1. The summed E-state index contributed by atoms with van der Waals surface area (Å²) in [5.41, 5.74) is 5.46. The number of quaternary nitrogens is 1. The molecule has 6 nitrogen and oxygen atoms in total. The van der Waals surface area contributed by atoms with Crippen molar-refractivity contribution in [2.45, 2.75) is 45.9 Å². The first-order valence-electron chi connectivity index (χ1n) is 8.81. The molecule has 0 heterocycles. The van der Waals surface area contributed by atoms with Crippen LogP contribution in [0.25, 0.3) is 0 Å². The monoisotopic (exact) mass is 386 g/mol. The number of hydrogen-bond donors (Lipinski definition) is 1. The lowest BCUT2D eigenvalue weighted by molar-refractivity contribution is -0.923. The van der Waals surface area contributed by atoms with E-state index >= 15 is 0 Å². The summed E-state index contributed by atoms with van der Waals surface area (Å²) in [6.45, 7) is 19.3. The van der Waals surface area contributed by atoms with Gasteiger partial charge >= 0.3 is 0 Å². The van der Waals surface area contributed by atoms with Gasteiger partial charge < -0.3 is 14.8 Å². The fourth-order valence-corrected chi connectivity index (χ4v) is 2.79. The van der Waals surface area contributed by atoms with Crippen LogP contribution >= 0.6 is 0 Å². The summed E-state index contributed by atoms with van der Waals surface area (Å²) in [6.07, 6.45) is 2.37. The average Bonchev–Trinajstić information content (AvgIpc) is 2.60. The van der Waals surface area contributed by atoms with Crippen molar-refractivity contribution in [1.29, 1.82) is 0 Å². The Balaban J connectivity index is 0. The van der Waals surface area contributed by atoms with E-state index in [0.717, 1.165) is 11.6 Å². The van der Waals surface area contributed by atoms with Crippen molar-refractivity contribution in [3.05, 3.63) is 42.5 Å². The molecule has 0 radical (unpaired) electrons. The van der Waals surface area contributed by atoms with Crippen LogP contribution in [-0.2, 0) is 14.9 Å². The minimum absolute atomic E-state index is 0.178. The van der Waals surface area contributed by atoms with Gasteiger partial charge in [0.15, 0.2) is 0 Å². The highest BCUT2D eigenvalue weighted by atomic mass is 32.2. The van der Waals surface area contributed by atoms with Gasteiger partial charge in [-0.05, 0) is 52.3 Å². The van der Waals surface area contributed by atoms with Crippen LogP contribution in [0.15, 0.2) is 41.8 Å². The minimum atomic E-state index is -4.27. The Hall–Kier alpha value is -1.70. The van der Waals surface area contributed by atoms with Crippen LogP contribution < -0.4 is 5.73 Å². The Morgan fingerprint density at radius 2 is 1.50 bits per heavy atom. The molecule has 26 heavy (non-hydrogen) atoms. The lowest BCUT2D eigenvalue weighted by Gasteiger charge is -2.35. The fourth-order valence-electron chi connectivity index (χ4n) is 2.32. The average molecular weight is 387 g/mol. The Kier molecular flexibility index (Phi) is 13.8. The molecular formula is C19H34N2O4S. The van der Waals surface area contributed by atoms with E-state index in [-0.39, 0.29) is 4.90 Å². The van der Waals surface area contributed by atoms with Crippen molar-refractivity contribution in [2.75, 3.05) is 26.2 Å². The maximum Gasteiger partial charge on any atom is 0.240 e. The van der Waals surface area contributed by atoms with Crippen molar-refractivity contribution >= 4 is 16.0 Å². The molecule has 1 rings (SSSR count). The van der Waals surface area contributed by atoms with Crippen LogP contribution in [0.3, 0.4) is 0 Å². The molecule has 0 atom stereocenters. The maximum absolute atomic E-state index is 10.4. The standard InChI is InChI=1S/C9H22N.C7H8O3S.C3H5NO/c1-5-9-10(6-2,7-3)8-4;1-6-2-4-7(5-3-6)11(8,9)10;1-2-3(4)5/h5-9H2,1-4H3;2-5H,1H3,(H,8,9,10);2H,1H2,(H2,4,5)/q+1;;/p-1. The van der Waals surface area contributed by atoms with Crippen molar-refractivity contribution in [3.8, 4) is 0 Å². The first-order valence-corrected chi connectivity index (χ1v) is 10.2. The zero-order chi connectivity index (χ0) is 20.8. The molecule has 0 bridgehead atoms. The summed E-state index contributed by atoms with van der Waals surface area (Å²) in [5.74, 6) is -0.481. The summed E-state index contributed by atoms with van der Waals surface area (Å²) in [4.78, 5) is 9.29. The number of primary amides is 1. The number of nitrogens with two attached hydrogens (primary N) is 1. The third-order valence-electron chi connectivity index (χ3n) is 4.22. The van der Waals surface area contributed by atoms with Gasteiger partial charge in [-0.3, -0.25) is 4.79 Å². The third kappa shape index (κ3) is 11.8. The zero-order valence-corrected chi connectivity index (χ0v) is 17.5. The number of amides is 1. The summed E-state index contributed by atoms with van der Waals surface area (Å²) in [5, 5.41) is 0. The molecule has 0 spiro atoms. The number of carbonyl (C=O) groups excluding carboxylic acids is 1. The molecule has 0 saturated carbocycles. The second-order valence-corrected chi connectivity index (χ2v) is 7.27. The quantitative estimate of drug-likeness (QED) is 0.442. The Morgan fingerprint density at radius 1 is 1.12 bits per heavy atom. The van der Waals surface area contributed by atoms with Crippen LogP contribution in [0.2, 0.25) is 0 Å². The summed E-state index contributed by atoms with van der Waals surface area (Å²) in [7, 11) is -4.27. The Bertz CT molecular complexity index is 613.